The highest BCUT2D eigenvalue weighted by Gasteiger charge is 2.52. The van der Waals surface area contributed by atoms with Gasteiger partial charge in [-0.2, -0.15) is 0 Å². The van der Waals surface area contributed by atoms with Crippen molar-refractivity contribution in [3.8, 4) is 0 Å². The number of carbonyl (C=O) groups excluding carboxylic acids is 5. The van der Waals surface area contributed by atoms with Gasteiger partial charge in [0, 0.05) is 34.2 Å². The number of nitrogens with one attached hydrogen (secondary N) is 1. The van der Waals surface area contributed by atoms with Crippen LogP contribution in [0.15, 0.2) is 0 Å². The molecule has 33 heavy (non-hydrogen) atoms. The molecule has 1 aliphatic rings. The number of esters is 4. The number of aliphatic hydroxyl groups is 1. The minimum absolute atomic E-state index is 0.0222. The number of rotatable bonds is 11. The summed E-state index contributed by atoms with van der Waals surface area (Å²) in [5.74, 6) is -3.64. The van der Waals surface area contributed by atoms with Gasteiger partial charge in [-0.3, -0.25) is 24.0 Å². The number of carbonyl (C=O) groups is 5. The summed E-state index contributed by atoms with van der Waals surface area (Å²) in [6.45, 7) is 3.26. The number of ether oxygens (including phenoxy) is 6. The van der Waals surface area contributed by atoms with E-state index in [4.69, 9.17) is 39.3 Å². The Balaban J connectivity index is 3.19. The molecule has 0 saturated carbocycles. The Kier molecular flexibility index (Phi) is 11.7. The Morgan fingerprint density at radius 2 is 1.45 bits per heavy atom. The van der Waals surface area contributed by atoms with E-state index in [9.17, 15) is 24.0 Å². The first-order valence-corrected chi connectivity index (χ1v) is 10.0. The van der Waals surface area contributed by atoms with E-state index in [2.05, 4.69) is 5.32 Å². The second-order valence-corrected chi connectivity index (χ2v) is 7.02. The highest BCUT2D eigenvalue weighted by Crippen LogP contribution is 2.30. The SMILES string of the molecule is CC(=O)OC[C@H]1O[C@@H](OCC(N)C(=O)NCCO)[C@H](OC(C)=O)[C@@H](OC(C)=O)[C@H]1OC(C)=O. The van der Waals surface area contributed by atoms with E-state index < -0.39 is 79.7 Å². The van der Waals surface area contributed by atoms with Gasteiger partial charge in [-0.05, 0) is 0 Å². The van der Waals surface area contributed by atoms with Crippen molar-refractivity contribution in [2.45, 2.75) is 64.4 Å². The quantitative estimate of drug-likeness (QED) is 0.208. The van der Waals surface area contributed by atoms with Crippen LogP contribution in [0, 0.1) is 0 Å². The fourth-order valence-corrected chi connectivity index (χ4v) is 2.91. The average Bonchev–Trinajstić information content (AvgIpc) is 2.71. The van der Waals surface area contributed by atoms with Gasteiger partial charge in [-0.25, -0.2) is 0 Å². The summed E-state index contributed by atoms with van der Waals surface area (Å²) in [4.78, 5) is 58.3. The van der Waals surface area contributed by atoms with Crippen molar-refractivity contribution in [3.05, 3.63) is 0 Å². The molecule has 14 heteroatoms. The molecule has 6 atom stereocenters. The minimum Gasteiger partial charge on any atom is -0.463 e. The van der Waals surface area contributed by atoms with Crippen molar-refractivity contribution >= 4 is 29.8 Å². The lowest BCUT2D eigenvalue weighted by molar-refractivity contribution is -0.308. The molecular weight excluding hydrogens is 448 g/mol. The normalized spacial score (nSPS) is 25.3. The lowest BCUT2D eigenvalue weighted by Gasteiger charge is -2.44. The number of hydrogen-bond donors (Lipinski definition) is 3. The average molecular weight is 478 g/mol. The molecule has 1 amide bonds. The molecule has 0 spiro atoms. The van der Waals surface area contributed by atoms with Gasteiger partial charge in [0.15, 0.2) is 24.6 Å². The van der Waals surface area contributed by atoms with Crippen LogP contribution >= 0.6 is 0 Å². The van der Waals surface area contributed by atoms with Crippen LogP contribution in [0.2, 0.25) is 0 Å². The van der Waals surface area contributed by atoms with Crippen LogP contribution in [0.1, 0.15) is 27.7 Å². The molecule has 0 radical (unpaired) electrons. The lowest BCUT2D eigenvalue weighted by atomic mass is 9.98. The summed E-state index contributed by atoms with van der Waals surface area (Å²) < 4.78 is 31.9. The summed E-state index contributed by atoms with van der Waals surface area (Å²) in [6.07, 6.45) is -6.76. The fraction of sp³-hybridized carbons (Fsp3) is 0.737. The second-order valence-electron chi connectivity index (χ2n) is 7.02. The van der Waals surface area contributed by atoms with Crippen LogP contribution in [0.3, 0.4) is 0 Å². The van der Waals surface area contributed by atoms with Crippen LogP contribution in [0.5, 0.6) is 0 Å². The van der Waals surface area contributed by atoms with E-state index in [0.29, 0.717) is 0 Å². The molecule has 14 nitrogen and oxygen atoms in total. The van der Waals surface area contributed by atoms with Crippen molar-refractivity contribution in [1.82, 2.24) is 5.32 Å². The van der Waals surface area contributed by atoms with E-state index in [1.165, 1.54) is 0 Å². The molecule has 1 fully saturated rings. The van der Waals surface area contributed by atoms with Gasteiger partial charge in [0.2, 0.25) is 5.91 Å². The van der Waals surface area contributed by atoms with E-state index in [1.807, 2.05) is 0 Å². The molecule has 0 aliphatic carbocycles. The molecule has 1 aliphatic heterocycles. The van der Waals surface area contributed by atoms with Crippen molar-refractivity contribution < 1.29 is 57.5 Å². The molecule has 1 unspecified atom stereocenters. The van der Waals surface area contributed by atoms with Crippen molar-refractivity contribution in [2.75, 3.05) is 26.4 Å². The molecule has 1 rings (SSSR count). The van der Waals surface area contributed by atoms with Crippen LogP contribution in [0.4, 0.5) is 0 Å². The Bertz CT molecular complexity index is 715. The van der Waals surface area contributed by atoms with E-state index >= 15 is 0 Å². The Morgan fingerprint density at radius 1 is 0.909 bits per heavy atom. The zero-order valence-corrected chi connectivity index (χ0v) is 18.8. The third-order valence-corrected chi connectivity index (χ3v) is 4.14. The van der Waals surface area contributed by atoms with Gasteiger partial charge in [0.25, 0.3) is 0 Å². The van der Waals surface area contributed by atoms with Crippen molar-refractivity contribution in [3.63, 3.8) is 0 Å². The van der Waals surface area contributed by atoms with Crippen LogP contribution in [-0.2, 0) is 52.4 Å². The van der Waals surface area contributed by atoms with Crippen LogP contribution in [0.25, 0.3) is 0 Å². The van der Waals surface area contributed by atoms with Crippen LogP contribution in [-0.4, -0.2) is 98.0 Å². The van der Waals surface area contributed by atoms with Gasteiger partial charge >= 0.3 is 23.9 Å². The van der Waals surface area contributed by atoms with Gasteiger partial charge in [-0.15, -0.1) is 0 Å². The monoisotopic (exact) mass is 478 g/mol. The van der Waals surface area contributed by atoms with Gasteiger partial charge in [-0.1, -0.05) is 0 Å². The maximum Gasteiger partial charge on any atom is 0.303 e. The topological polar surface area (TPSA) is 199 Å². The molecule has 0 aromatic carbocycles. The summed E-state index contributed by atoms with van der Waals surface area (Å²) in [5, 5.41) is 11.2. The zero-order valence-electron chi connectivity index (χ0n) is 18.8. The molecular formula is C19H30N2O12. The number of hydrogen-bond acceptors (Lipinski definition) is 13. The van der Waals surface area contributed by atoms with Crippen molar-refractivity contribution in [1.29, 1.82) is 0 Å². The highest BCUT2D eigenvalue weighted by atomic mass is 16.7. The second kappa shape index (κ2) is 13.7. The molecule has 4 N–H and O–H groups in total. The summed E-state index contributed by atoms with van der Waals surface area (Å²) >= 11 is 0. The van der Waals surface area contributed by atoms with E-state index in [-0.39, 0.29) is 13.2 Å². The standard InChI is InChI=1S/C19H30N2O12/c1-9(23)28-8-14-15(30-10(2)24)16(31-11(3)25)17(32-12(4)26)19(33-14)29-7-13(20)18(27)21-5-6-22/h13-17,19,22H,5-8,20H2,1-4H3,(H,21,27)/t13?,14-,15+,16+,17-,19-/m1/s1. The Labute approximate surface area is 189 Å². The first kappa shape index (κ1) is 28.2. The summed E-state index contributed by atoms with van der Waals surface area (Å²) in [7, 11) is 0. The summed E-state index contributed by atoms with van der Waals surface area (Å²) in [5.41, 5.74) is 5.76. The maximum absolute atomic E-state index is 11.9. The first-order valence-electron chi connectivity index (χ1n) is 10.0. The van der Waals surface area contributed by atoms with Gasteiger partial charge in [0.05, 0.1) is 13.2 Å². The number of aliphatic hydroxyl groups excluding tert-OH is 1. The lowest BCUT2D eigenvalue weighted by Crippen LogP contribution is -2.63. The molecule has 0 bridgehead atoms. The predicted octanol–water partition coefficient (Wildman–Crippen LogP) is -2.48. The molecule has 1 saturated heterocycles. The number of nitrogens with two attached hydrogens (primary N) is 1. The summed E-state index contributed by atoms with van der Waals surface area (Å²) in [6, 6.07) is -1.19. The Morgan fingerprint density at radius 3 is 1.97 bits per heavy atom. The molecule has 0 aromatic rings. The van der Waals surface area contributed by atoms with Crippen molar-refractivity contribution in [2.24, 2.45) is 5.73 Å². The van der Waals surface area contributed by atoms with E-state index in [1.54, 1.807) is 0 Å². The number of amides is 1. The molecule has 188 valence electrons. The zero-order chi connectivity index (χ0) is 25.1. The first-order chi connectivity index (χ1) is 15.5. The molecule has 1 heterocycles. The largest absolute Gasteiger partial charge is 0.463 e. The van der Waals surface area contributed by atoms with E-state index in [0.717, 1.165) is 27.7 Å². The maximum atomic E-state index is 11.9. The predicted molar refractivity (Wildman–Crippen MR) is 106 cm³/mol. The van der Waals surface area contributed by atoms with Crippen LogP contribution < -0.4 is 11.1 Å². The highest BCUT2D eigenvalue weighted by molar-refractivity contribution is 5.81. The molecule has 0 aromatic heterocycles. The third kappa shape index (κ3) is 9.69. The van der Waals surface area contributed by atoms with Gasteiger partial charge < -0.3 is 44.6 Å². The minimum atomic E-state index is -1.44. The Hall–Kier alpha value is -2.81. The third-order valence-electron chi connectivity index (χ3n) is 4.14. The smallest absolute Gasteiger partial charge is 0.303 e. The fourth-order valence-electron chi connectivity index (χ4n) is 2.91. The van der Waals surface area contributed by atoms with Gasteiger partial charge in [0.1, 0.15) is 18.8 Å².